The van der Waals surface area contributed by atoms with Gasteiger partial charge in [0.05, 0.1) is 6.04 Å². The van der Waals surface area contributed by atoms with Crippen molar-refractivity contribution >= 4 is 12.0 Å². The molecule has 122 valence electrons. The van der Waals surface area contributed by atoms with Crippen LogP contribution < -0.4 is 0 Å². The first-order valence-electron chi connectivity index (χ1n) is 7.96. The highest BCUT2D eigenvalue weighted by atomic mass is 16.6. The normalized spacial score (nSPS) is 20.4. The summed E-state index contributed by atoms with van der Waals surface area (Å²) in [7, 11) is 0. The maximum atomic E-state index is 12.8. The molecule has 2 atom stereocenters. The van der Waals surface area contributed by atoms with Gasteiger partial charge >= 0.3 is 6.09 Å². The summed E-state index contributed by atoms with van der Waals surface area (Å²) in [5.74, 6) is -0.325. The van der Waals surface area contributed by atoms with E-state index in [1.807, 2.05) is 55.5 Å². The minimum absolute atomic E-state index is 0.325. The van der Waals surface area contributed by atoms with Crippen LogP contribution in [0, 0.1) is 0 Å². The number of allylic oxidation sites excluding steroid dienone is 1. The van der Waals surface area contributed by atoms with E-state index in [-0.39, 0.29) is 11.9 Å². The summed E-state index contributed by atoms with van der Waals surface area (Å²) >= 11 is 0. The van der Waals surface area contributed by atoms with Gasteiger partial charge in [0.1, 0.15) is 6.10 Å². The van der Waals surface area contributed by atoms with Gasteiger partial charge in [-0.1, -0.05) is 54.6 Å². The largest absolute Gasteiger partial charge is 0.439 e. The summed E-state index contributed by atoms with van der Waals surface area (Å²) in [5, 5.41) is 0. The van der Waals surface area contributed by atoms with E-state index < -0.39 is 12.2 Å². The number of benzene rings is 2. The van der Waals surface area contributed by atoms with Crippen LogP contribution in [-0.4, -0.2) is 29.0 Å². The zero-order valence-corrected chi connectivity index (χ0v) is 13.5. The van der Waals surface area contributed by atoms with Gasteiger partial charge in [-0.05, 0) is 37.1 Å². The molecule has 2 aromatic carbocycles. The third kappa shape index (κ3) is 3.23. The molecule has 2 aromatic rings. The van der Waals surface area contributed by atoms with Crippen molar-refractivity contribution in [2.24, 2.45) is 0 Å². The molecule has 1 fully saturated rings. The van der Waals surface area contributed by atoms with Crippen molar-refractivity contribution < 1.29 is 14.3 Å². The smallest absolute Gasteiger partial charge is 0.417 e. The molecule has 0 N–H and O–H groups in total. The Kier molecular flexibility index (Phi) is 4.75. The second-order valence-corrected chi connectivity index (χ2v) is 5.67. The number of amides is 2. The maximum absolute atomic E-state index is 12.8. The Morgan fingerprint density at radius 1 is 1.08 bits per heavy atom. The average molecular weight is 321 g/mol. The van der Waals surface area contributed by atoms with Crippen LogP contribution in [0.5, 0.6) is 0 Å². The monoisotopic (exact) mass is 321 g/mol. The van der Waals surface area contributed by atoms with Gasteiger partial charge in [0.2, 0.25) is 0 Å². The van der Waals surface area contributed by atoms with E-state index in [9.17, 15) is 9.59 Å². The highest BCUT2D eigenvalue weighted by Gasteiger charge is 2.44. The fraction of sp³-hybridized carbons (Fsp3) is 0.200. The van der Waals surface area contributed by atoms with Crippen LogP contribution in [0.4, 0.5) is 4.79 Å². The lowest BCUT2D eigenvalue weighted by Gasteiger charge is -2.22. The predicted octanol–water partition coefficient (Wildman–Crippen LogP) is 3.84. The van der Waals surface area contributed by atoms with Crippen molar-refractivity contribution in [3.05, 3.63) is 83.9 Å². The molecule has 1 aliphatic heterocycles. The molecular formula is C20H19NO3. The second-order valence-electron chi connectivity index (χ2n) is 5.67. The Bertz CT molecular complexity index is 740. The molecule has 0 aliphatic carbocycles. The van der Waals surface area contributed by atoms with Gasteiger partial charge in [-0.15, -0.1) is 0 Å². The predicted molar refractivity (Wildman–Crippen MR) is 91.6 cm³/mol. The topological polar surface area (TPSA) is 46.6 Å². The average Bonchev–Trinajstić information content (AvgIpc) is 2.91. The van der Waals surface area contributed by atoms with Crippen molar-refractivity contribution in [2.45, 2.75) is 25.5 Å². The van der Waals surface area contributed by atoms with Crippen LogP contribution >= 0.6 is 0 Å². The van der Waals surface area contributed by atoms with Gasteiger partial charge in [-0.3, -0.25) is 4.79 Å². The van der Waals surface area contributed by atoms with Crippen molar-refractivity contribution in [1.29, 1.82) is 0 Å². The van der Waals surface area contributed by atoms with Crippen LogP contribution in [0.25, 0.3) is 0 Å². The molecule has 1 heterocycles. The van der Waals surface area contributed by atoms with E-state index in [4.69, 9.17) is 4.74 Å². The van der Waals surface area contributed by atoms with Gasteiger partial charge in [-0.25, -0.2) is 9.69 Å². The van der Waals surface area contributed by atoms with Crippen molar-refractivity contribution in [3.63, 3.8) is 0 Å². The van der Waals surface area contributed by atoms with E-state index in [0.717, 1.165) is 5.56 Å². The van der Waals surface area contributed by atoms with Crippen LogP contribution in [0.1, 0.15) is 22.8 Å². The summed E-state index contributed by atoms with van der Waals surface area (Å²) in [6.45, 7) is 1.87. The summed E-state index contributed by atoms with van der Waals surface area (Å²) in [5.41, 5.74) is 1.54. The number of imide groups is 1. The summed E-state index contributed by atoms with van der Waals surface area (Å²) in [6.07, 6.45) is 3.19. The standard InChI is InChI=1S/C20H19NO3/c1-2-9-18-17(14-15-10-5-3-6-11-15)21(20(23)24-18)19(22)16-12-7-4-8-13-16/h2-13,17-18H,14H2,1H3/b9-2+/t17?,18-/m0/s1. The number of hydrogen-bond donors (Lipinski definition) is 0. The first kappa shape index (κ1) is 16.0. The van der Waals surface area contributed by atoms with Crippen LogP contribution in [0.2, 0.25) is 0 Å². The molecule has 2 amide bonds. The Hall–Kier alpha value is -2.88. The molecule has 0 radical (unpaired) electrons. The summed E-state index contributed by atoms with van der Waals surface area (Å²) in [6, 6.07) is 18.3. The molecule has 4 heteroatoms. The Balaban J connectivity index is 1.92. The molecule has 0 bridgehead atoms. The fourth-order valence-electron chi connectivity index (χ4n) is 2.91. The van der Waals surface area contributed by atoms with Crippen LogP contribution in [0.15, 0.2) is 72.8 Å². The molecule has 3 rings (SSSR count). The summed E-state index contributed by atoms with van der Waals surface area (Å²) in [4.78, 5) is 26.4. The maximum Gasteiger partial charge on any atom is 0.417 e. The fourth-order valence-corrected chi connectivity index (χ4v) is 2.91. The van der Waals surface area contributed by atoms with Crippen molar-refractivity contribution in [3.8, 4) is 0 Å². The molecule has 0 aromatic heterocycles. The van der Waals surface area contributed by atoms with Crippen molar-refractivity contribution in [2.75, 3.05) is 0 Å². The first-order valence-corrected chi connectivity index (χ1v) is 7.96. The van der Waals surface area contributed by atoms with Crippen molar-refractivity contribution in [1.82, 2.24) is 4.90 Å². The number of cyclic esters (lactones) is 1. The molecule has 0 spiro atoms. The number of carbonyl (C=O) groups excluding carboxylic acids is 2. The van der Waals surface area contributed by atoms with E-state index >= 15 is 0 Å². The highest BCUT2D eigenvalue weighted by molar-refractivity contribution is 6.04. The van der Waals surface area contributed by atoms with Crippen LogP contribution in [0.3, 0.4) is 0 Å². The molecule has 1 unspecified atom stereocenters. The SMILES string of the molecule is C/C=C/[C@@H]1OC(=O)N(C(=O)c2ccccc2)C1Cc1ccccc1. The third-order valence-corrected chi connectivity index (χ3v) is 4.05. The molecule has 0 saturated carbocycles. The lowest BCUT2D eigenvalue weighted by Crippen LogP contribution is -2.42. The second kappa shape index (κ2) is 7.13. The van der Waals surface area contributed by atoms with Gasteiger partial charge in [-0.2, -0.15) is 0 Å². The Morgan fingerprint density at radius 3 is 2.33 bits per heavy atom. The van der Waals surface area contributed by atoms with Gasteiger partial charge < -0.3 is 4.74 Å². The van der Waals surface area contributed by atoms with Gasteiger partial charge in [0.25, 0.3) is 5.91 Å². The Morgan fingerprint density at radius 2 is 1.71 bits per heavy atom. The van der Waals surface area contributed by atoms with E-state index in [1.165, 1.54) is 4.90 Å². The third-order valence-electron chi connectivity index (χ3n) is 4.05. The number of carbonyl (C=O) groups is 2. The zero-order chi connectivity index (χ0) is 16.9. The minimum atomic E-state index is -0.590. The number of ether oxygens (including phenoxy) is 1. The summed E-state index contributed by atoms with van der Waals surface area (Å²) < 4.78 is 5.42. The van der Waals surface area contributed by atoms with Gasteiger partial charge in [0.15, 0.2) is 0 Å². The quantitative estimate of drug-likeness (QED) is 0.804. The molecule has 1 aliphatic rings. The van der Waals surface area contributed by atoms with Gasteiger partial charge in [0, 0.05) is 5.56 Å². The minimum Gasteiger partial charge on any atom is -0.439 e. The van der Waals surface area contributed by atoms with E-state index in [0.29, 0.717) is 12.0 Å². The molecule has 24 heavy (non-hydrogen) atoms. The van der Waals surface area contributed by atoms with E-state index in [2.05, 4.69) is 0 Å². The zero-order valence-electron chi connectivity index (χ0n) is 13.5. The Labute approximate surface area is 141 Å². The van der Waals surface area contributed by atoms with E-state index in [1.54, 1.807) is 24.3 Å². The first-order chi connectivity index (χ1) is 11.7. The molecule has 1 saturated heterocycles. The van der Waals surface area contributed by atoms with Crippen LogP contribution in [-0.2, 0) is 11.2 Å². The lowest BCUT2D eigenvalue weighted by atomic mass is 9.99. The number of nitrogens with zero attached hydrogens (tertiary/aromatic N) is 1. The lowest BCUT2D eigenvalue weighted by molar-refractivity contribution is 0.0774. The molecular weight excluding hydrogens is 302 g/mol. The highest BCUT2D eigenvalue weighted by Crippen LogP contribution is 2.26. The number of rotatable bonds is 4. The molecule has 4 nitrogen and oxygen atoms in total. The number of hydrogen-bond acceptors (Lipinski definition) is 3.